The molecule has 276 valence electrons. The summed E-state index contributed by atoms with van der Waals surface area (Å²) >= 11 is 0. The Hall–Kier alpha value is -5.37. The summed E-state index contributed by atoms with van der Waals surface area (Å²) in [7, 11) is 0. The zero-order chi connectivity index (χ0) is 36.5. The zero-order valence-corrected chi connectivity index (χ0v) is 29.9. The zero-order valence-electron chi connectivity index (χ0n) is 29.9. The first-order valence-corrected chi connectivity index (χ1v) is 18.9. The van der Waals surface area contributed by atoms with Gasteiger partial charge in [-0.25, -0.2) is 0 Å². The second-order valence-electron chi connectivity index (χ2n) is 14.9. The smallest absolute Gasteiger partial charge is 0.273 e. The number of amides is 3. The fraction of sp³-hybridized carbons (Fsp3) is 0.462. The Balaban J connectivity index is 0.839. The van der Waals surface area contributed by atoms with Crippen LogP contribution in [0.5, 0.6) is 0 Å². The Kier molecular flexibility index (Phi) is 9.78. The topological polar surface area (TPSA) is 172 Å². The fourth-order valence-electron chi connectivity index (χ4n) is 8.44. The first-order valence-electron chi connectivity index (χ1n) is 18.9. The van der Waals surface area contributed by atoms with Gasteiger partial charge in [-0.2, -0.15) is 4.98 Å². The van der Waals surface area contributed by atoms with E-state index in [2.05, 4.69) is 58.7 Å². The highest BCUT2D eigenvalue weighted by Crippen LogP contribution is 2.32. The molecule has 2 aromatic carbocycles. The average molecular weight is 719 g/mol. The van der Waals surface area contributed by atoms with Crippen molar-refractivity contribution in [3.05, 3.63) is 76.3 Å². The molecule has 0 saturated carbocycles. The van der Waals surface area contributed by atoms with Crippen LogP contribution < -0.4 is 31.7 Å². The Bertz CT molecular complexity index is 2070. The van der Waals surface area contributed by atoms with Crippen LogP contribution in [-0.2, 0) is 9.59 Å². The molecule has 2 aromatic heterocycles. The van der Waals surface area contributed by atoms with Gasteiger partial charge in [0.15, 0.2) is 11.5 Å². The summed E-state index contributed by atoms with van der Waals surface area (Å²) in [5.74, 6) is 0.530. The van der Waals surface area contributed by atoms with E-state index < -0.39 is 17.9 Å². The number of likely N-dealkylation sites (tertiary alicyclic amines) is 1. The number of hydrogen-bond acceptors (Lipinski definition) is 11. The van der Waals surface area contributed by atoms with Crippen molar-refractivity contribution >= 4 is 51.6 Å². The Labute approximate surface area is 307 Å². The summed E-state index contributed by atoms with van der Waals surface area (Å²) < 4.78 is 1.46. The largest absolute Gasteiger partial charge is 0.371 e. The lowest BCUT2D eigenvalue weighted by Gasteiger charge is -2.34. The summed E-state index contributed by atoms with van der Waals surface area (Å²) in [5, 5.41) is 15.3. The third-order valence-electron chi connectivity index (χ3n) is 11.4. The number of nitrogens with one attached hydrogen (secondary N) is 2. The van der Waals surface area contributed by atoms with Gasteiger partial charge in [0.2, 0.25) is 17.8 Å². The highest BCUT2D eigenvalue weighted by molar-refractivity contribution is 5.99. The van der Waals surface area contributed by atoms with Crippen molar-refractivity contribution < 1.29 is 14.4 Å². The monoisotopic (exact) mass is 718 g/mol. The van der Waals surface area contributed by atoms with E-state index >= 15 is 0 Å². The third-order valence-corrected chi connectivity index (χ3v) is 11.4. The molecule has 0 radical (unpaired) electrons. The predicted molar refractivity (Wildman–Crippen MR) is 202 cm³/mol. The van der Waals surface area contributed by atoms with Gasteiger partial charge in [-0.05, 0) is 117 Å². The summed E-state index contributed by atoms with van der Waals surface area (Å²) in [6, 6.07) is 15.6. The summed E-state index contributed by atoms with van der Waals surface area (Å²) in [5.41, 5.74) is 8.66. The van der Waals surface area contributed by atoms with Gasteiger partial charge in [-0.15, -0.1) is 10.2 Å². The van der Waals surface area contributed by atoms with E-state index in [0.717, 1.165) is 94.7 Å². The molecule has 6 heterocycles. The Morgan fingerprint density at radius 1 is 0.868 bits per heavy atom. The molecular formula is C39H46N10O4. The molecule has 3 amide bonds. The highest BCUT2D eigenvalue weighted by Gasteiger charge is 2.30. The number of imide groups is 1. The van der Waals surface area contributed by atoms with Crippen LogP contribution >= 0.6 is 0 Å². The molecule has 2 atom stereocenters. The van der Waals surface area contributed by atoms with E-state index in [9.17, 15) is 19.2 Å². The molecule has 4 saturated heterocycles. The Morgan fingerprint density at radius 3 is 2.42 bits per heavy atom. The van der Waals surface area contributed by atoms with Crippen LogP contribution in [0.2, 0.25) is 0 Å². The molecule has 4 N–H and O–H groups in total. The maximum atomic E-state index is 13.3. The van der Waals surface area contributed by atoms with Crippen LogP contribution in [0.4, 0.5) is 23.1 Å². The normalized spacial score (nSPS) is 21.6. The van der Waals surface area contributed by atoms with Crippen molar-refractivity contribution in [3.8, 4) is 0 Å². The van der Waals surface area contributed by atoms with Gasteiger partial charge in [0.25, 0.3) is 11.5 Å². The van der Waals surface area contributed by atoms with E-state index in [1.165, 1.54) is 16.6 Å². The standard InChI is InChI=1S/C39H46N10O4/c40-35(51)34-36(43-39(45-44-34)47-16-2-1-3-17-47)41-29-6-4-26(5-7-29)27-13-18-46(19-14-27)23-25-12-20-48(24-25)30-8-9-31-28(22-30)15-21-49(38(31)53)32-10-11-33(50)42-37(32)52/h4-9,15,21-22,25,27,32H,1-3,10-14,16-20,23-24H2,(H2,40,51)(H,41,43,45)(H,42,50,52). The van der Waals surface area contributed by atoms with E-state index in [1.807, 2.05) is 30.3 Å². The molecule has 14 heteroatoms. The molecule has 14 nitrogen and oxygen atoms in total. The number of piperidine rings is 3. The molecule has 4 aromatic rings. The number of rotatable bonds is 9. The van der Waals surface area contributed by atoms with Crippen LogP contribution in [0.1, 0.15) is 79.4 Å². The molecule has 0 spiro atoms. The van der Waals surface area contributed by atoms with Crippen LogP contribution in [-0.4, -0.2) is 88.2 Å². The van der Waals surface area contributed by atoms with E-state index in [1.54, 1.807) is 6.20 Å². The van der Waals surface area contributed by atoms with Crippen molar-refractivity contribution in [3.63, 3.8) is 0 Å². The van der Waals surface area contributed by atoms with E-state index in [4.69, 9.17) is 5.73 Å². The van der Waals surface area contributed by atoms with Crippen LogP contribution in [0, 0.1) is 5.92 Å². The second kappa shape index (κ2) is 14.9. The Morgan fingerprint density at radius 2 is 1.66 bits per heavy atom. The van der Waals surface area contributed by atoms with Gasteiger partial charge in [-0.1, -0.05) is 12.1 Å². The average Bonchev–Trinajstić information content (AvgIpc) is 3.64. The number of anilines is 4. The first kappa shape index (κ1) is 34.7. The molecule has 4 aliphatic heterocycles. The van der Waals surface area contributed by atoms with Crippen molar-refractivity contribution in [2.45, 2.75) is 63.3 Å². The van der Waals surface area contributed by atoms with E-state index in [-0.39, 0.29) is 23.6 Å². The number of primary amides is 1. The van der Waals surface area contributed by atoms with Gasteiger partial charge in [0, 0.05) is 62.1 Å². The molecule has 2 unspecified atom stereocenters. The molecule has 4 aliphatic rings. The minimum absolute atomic E-state index is 0.0315. The van der Waals surface area contributed by atoms with Crippen LogP contribution in [0.15, 0.2) is 59.5 Å². The SMILES string of the molecule is NC(=O)c1nnc(N2CCCCC2)nc1Nc1ccc(C2CCN(CC3CCN(c4ccc5c(=O)n(C6CCC(=O)NC6=O)ccc5c4)C3)CC2)cc1. The number of aromatic nitrogens is 4. The van der Waals surface area contributed by atoms with Gasteiger partial charge in [0.05, 0.1) is 0 Å². The number of fused-ring (bicyclic) bond motifs is 1. The fourth-order valence-corrected chi connectivity index (χ4v) is 8.44. The minimum Gasteiger partial charge on any atom is -0.371 e. The molecule has 53 heavy (non-hydrogen) atoms. The van der Waals surface area contributed by atoms with Gasteiger partial charge >= 0.3 is 0 Å². The molecular weight excluding hydrogens is 672 g/mol. The second-order valence-corrected chi connectivity index (χ2v) is 14.9. The van der Waals surface area contributed by atoms with Crippen molar-refractivity contribution in [1.29, 1.82) is 0 Å². The lowest BCUT2D eigenvalue weighted by molar-refractivity contribution is -0.135. The molecule has 8 rings (SSSR count). The summed E-state index contributed by atoms with van der Waals surface area (Å²) in [6.07, 6.45) is 8.93. The van der Waals surface area contributed by atoms with Crippen molar-refractivity contribution in [2.75, 3.05) is 60.9 Å². The molecule has 0 bridgehead atoms. The maximum Gasteiger partial charge on any atom is 0.273 e. The number of nitrogens with two attached hydrogens (primary N) is 1. The van der Waals surface area contributed by atoms with Gasteiger partial charge in [-0.3, -0.25) is 24.5 Å². The minimum atomic E-state index is -0.665. The number of hydrogen-bond donors (Lipinski definition) is 3. The number of carbonyl (C=O) groups is 3. The summed E-state index contributed by atoms with van der Waals surface area (Å²) in [4.78, 5) is 61.1. The predicted octanol–water partition coefficient (Wildman–Crippen LogP) is 3.70. The molecule has 4 fully saturated rings. The summed E-state index contributed by atoms with van der Waals surface area (Å²) in [6.45, 7) is 6.90. The number of pyridine rings is 1. The quantitative estimate of drug-likeness (QED) is 0.216. The number of benzene rings is 2. The molecule has 0 aliphatic carbocycles. The lowest BCUT2D eigenvalue weighted by atomic mass is 9.89. The van der Waals surface area contributed by atoms with E-state index in [0.29, 0.717) is 35.4 Å². The van der Waals surface area contributed by atoms with Gasteiger partial charge < -0.3 is 30.3 Å². The van der Waals surface area contributed by atoms with Crippen LogP contribution in [0.3, 0.4) is 0 Å². The first-order chi connectivity index (χ1) is 25.8. The maximum absolute atomic E-state index is 13.3. The van der Waals surface area contributed by atoms with Gasteiger partial charge in [0.1, 0.15) is 6.04 Å². The number of nitrogens with zero attached hydrogens (tertiary/aromatic N) is 7. The number of carbonyl (C=O) groups excluding carboxylic acids is 3. The highest BCUT2D eigenvalue weighted by atomic mass is 16.2. The van der Waals surface area contributed by atoms with Crippen molar-refractivity contribution in [2.24, 2.45) is 11.7 Å². The lowest BCUT2D eigenvalue weighted by Crippen LogP contribution is -2.44. The van der Waals surface area contributed by atoms with Crippen molar-refractivity contribution in [1.82, 2.24) is 30.0 Å². The van der Waals surface area contributed by atoms with Crippen LogP contribution in [0.25, 0.3) is 10.8 Å². The third kappa shape index (κ3) is 7.45.